The van der Waals surface area contributed by atoms with Gasteiger partial charge in [-0.3, -0.25) is 4.79 Å². The van der Waals surface area contributed by atoms with Gasteiger partial charge in [-0.05, 0) is 39.7 Å². The molecule has 0 heterocycles. The Morgan fingerprint density at radius 3 is 2.60 bits per heavy atom. The molecule has 0 aliphatic carbocycles. The van der Waals surface area contributed by atoms with Crippen molar-refractivity contribution in [3.05, 3.63) is 12.7 Å². The van der Waals surface area contributed by atoms with Crippen molar-refractivity contribution < 1.29 is 4.79 Å². The van der Waals surface area contributed by atoms with Crippen LogP contribution in [0.5, 0.6) is 0 Å². The van der Waals surface area contributed by atoms with Gasteiger partial charge < -0.3 is 11.1 Å². The molecule has 15 heavy (non-hydrogen) atoms. The quantitative estimate of drug-likeness (QED) is 0.453. The van der Waals surface area contributed by atoms with Crippen LogP contribution in [0, 0.1) is 0 Å². The Morgan fingerprint density at radius 2 is 2.07 bits per heavy atom. The Labute approximate surface area is 93.1 Å². The first-order valence-corrected chi connectivity index (χ1v) is 5.62. The maximum atomic E-state index is 10.8. The first-order chi connectivity index (χ1) is 6.98. The molecule has 0 aliphatic rings. The second-order valence-electron chi connectivity index (χ2n) is 4.59. The van der Waals surface area contributed by atoms with Crippen molar-refractivity contribution in [2.75, 3.05) is 6.54 Å². The molecule has 3 heteroatoms. The molecule has 0 aromatic rings. The summed E-state index contributed by atoms with van der Waals surface area (Å²) < 4.78 is 0. The van der Waals surface area contributed by atoms with Gasteiger partial charge in [0.2, 0.25) is 5.91 Å². The topological polar surface area (TPSA) is 55.1 Å². The van der Waals surface area contributed by atoms with Gasteiger partial charge in [-0.25, -0.2) is 0 Å². The largest absolute Gasteiger partial charge is 0.370 e. The van der Waals surface area contributed by atoms with Crippen molar-refractivity contribution >= 4 is 5.91 Å². The highest BCUT2D eigenvalue weighted by atomic mass is 16.1. The van der Waals surface area contributed by atoms with Gasteiger partial charge >= 0.3 is 0 Å². The zero-order valence-electron chi connectivity index (χ0n) is 10.0. The molecule has 0 aliphatic heterocycles. The van der Waals surface area contributed by atoms with Gasteiger partial charge in [-0.2, -0.15) is 0 Å². The van der Waals surface area contributed by atoms with Crippen LogP contribution < -0.4 is 11.1 Å². The molecule has 0 radical (unpaired) electrons. The first-order valence-electron chi connectivity index (χ1n) is 5.62. The number of hydrogen-bond donors (Lipinski definition) is 2. The molecule has 0 aromatic carbocycles. The summed E-state index contributed by atoms with van der Waals surface area (Å²) in [5.41, 5.74) is 4.98. The fourth-order valence-corrected chi connectivity index (χ4v) is 1.52. The molecular formula is C12H24N2O. The van der Waals surface area contributed by atoms with Crippen LogP contribution in [0.4, 0.5) is 0 Å². The number of allylic oxidation sites excluding steroid dienone is 1. The number of unbranched alkanes of at least 4 members (excludes halogenated alkanes) is 3. The number of amides is 1. The number of rotatable bonds is 9. The van der Waals surface area contributed by atoms with E-state index in [-0.39, 0.29) is 11.4 Å². The summed E-state index contributed by atoms with van der Waals surface area (Å²) in [6.07, 6.45) is 6.96. The Bertz CT molecular complexity index is 200. The van der Waals surface area contributed by atoms with Gasteiger partial charge in [-0.15, -0.1) is 6.58 Å². The Morgan fingerprint density at radius 1 is 1.40 bits per heavy atom. The SMILES string of the molecule is C=CCCCCCNC(C)(C)CC(N)=O. The number of hydrogen-bond acceptors (Lipinski definition) is 2. The molecule has 0 spiro atoms. The van der Waals surface area contributed by atoms with Crippen LogP contribution in [0.3, 0.4) is 0 Å². The van der Waals surface area contributed by atoms with Gasteiger partial charge in [-0.1, -0.05) is 12.5 Å². The normalized spacial score (nSPS) is 11.3. The van der Waals surface area contributed by atoms with Gasteiger partial charge in [0.15, 0.2) is 0 Å². The molecule has 1 amide bonds. The van der Waals surface area contributed by atoms with Crippen molar-refractivity contribution in [3.8, 4) is 0 Å². The summed E-state index contributed by atoms with van der Waals surface area (Å²) in [5, 5.41) is 3.34. The minimum Gasteiger partial charge on any atom is -0.370 e. The van der Waals surface area contributed by atoms with E-state index < -0.39 is 0 Å². The summed E-state index contributed by atoms with van der Waals surface area (Å²) in [4.78, 5) is 10.8. The predicted molar refractivity (Wildman–Crippen MR) is 64.6 cm³/mol. The monoisotopic (exact) mass is 212 g/mol. The van der Waals surface area contributed by atoms with E-state index in [2.05, 4.69) is 11.9 Å². The van der Waals surface area contributed by atoms with E-state index >= 15 is 0 Å². The van der Waals surface area contributed by atoms with Crippen LogP contribution in [0.2, 0.25) is 0 Å². The highest BCUT2D eigenvalue weighted by Gasteiger charge is 2.18. The average Bonchev–Trinajstić information content (AvgIpc) is 2.08. The van der Waals surface area contributed by atoms with Gasteiger partial charge in [0, 0.05) is 12.0 Å². The van der Waals surface area contributed by atoms with Crippen LogP contribution in [0.15, 0.2) is 12.7 Å². The molecule has 0 rings (SSSR count). The molecule has 3 N–H and O–H groups in total. The highest BCUT2D eigenvalue weighted by molar-refractivity contribution is 5.74. The molecule has 0 saturated carbocycles. The van der Waals surface area contributed by atoms with E-state index in [9.17, 15) is 4.79 Å². The van der Waals surface area contributed by atoms with Crippen molar-refractivity contribution in [1.82, 2.24) is 5.32 Å². The first kappa shape index (κ1) is 14.2. The maximum absolute atomic E-state index is 10.8. The smallest absolute Gasteiger partial charge is 0.219 e. The minimum absolute atomic E-state index is 0.176. The third-order valence-electron chi connectivity index (χ3n) is 2.30. The van der Waals surface area contributed by atoms with E-state index in [1.54, 1.807) is 0 Å². The molecule has 0 atom stereocenters. The molecule has 0 unspecified atom stereocenters. The Hall–Kier alpha value is -0.830. The van der Waals surface area contributed by atoms with Crippen LogP contribution in [0.1, 0.15) is 46.0 Å². The predicted octanol–water partition coefficient (Wildman–Crippen LogP) is 1.98. The zero-order valence-corrected chi connectivity index (χ0v) is 10.0. The molecule has 0 saturated heterocycles. The van der Waals surface area contributed by atoms with Crippen molar-refractivity contribution in [1.29, 1.82) is 0 Å². The van der Waals surface area contributed by atoms with E-state index in [1.165, 1.54) is 12.8 Å². The summed E-state index contributed by atoms with van der Waals surface area (Å²) in [6, 6.07) is 0. The maximum Gasteiger partial charge on any atom is 0.219 e. The van der Waals surface area contributed by atoms with E-state index in [4.69, 9.17) is 5.73 Å². The second kappa shape index (κ2) is 7.46. The minimum atomic E-state index is -0.251. The number of carbonyl (C=O) groups is 1. The fraction of sp³-hybridized carbons (Fsp3) is 0.750. The van der Waals surface area contributed by atoms with E-state index in [0.717, 1.165) is 19.4 Å². The standard InChI is InChI=1S/C12H24N2O/c1-4-5-6-7-8-9-14-12(2,3)10-11(13)15/h4,14H,1,5-10H2,2-3H3,(H2,13,15). The molecule has 0 fully saturated rings. The summed E-state index contributed by atoms with van der Waals surface area (Å²) in [5.74, 6) is -0.251. The molecule has 3 nitrogen and oxygen atoms in total. The lowest BCUT2D eigenvalue weighted by Crippen LogP contribution is -2.43. The van der Waals surface area contributed by atoms with Crippen LogP contribution in [-0.4, -0.2) is 18.0 Å². The lowest BCUT2D eigenvalue weighted by Gasteiger charge is -2.24. The second-order valence-corrected chi connectivity index (χ2v) is 4.59. The van der Waals surface area contributed by atoms with Crippen LogP contribution >= 0.6 is 0 Å². The third-order valence-corrected chi connectivity index (χ3v) is 2.30. The lowest BCUT2D eigenvalue weighted by atomic mass is 10.00. The Kier molecular flexibility index (Phi) is 7.05. The van der Waals surface area contributed by atoms with E-state index in [0.29, 0.717) is 6.42 Å². The van der Waals surface area contributed by atoms with Gasteiger partial charge in [0.05, 0.1) is 0 Å². The van der Waals surface area contributed by atoms with Crippen LogP contribution in [-0.2, 0) is 4.79 Å². The number of primary amides is 1. The van der Waals surface area contributed by atoms with Crippen molar-refractivity contribution in [2.45, 2.75) is 51.5 Å². The Balaban J connectivity index is 3.48. The van der Waals surface area contributed by atoms with Gasteiger partial charge in [0.25, 0.3) is 0 Å². The van der Waals surface area contributed by atoms with Crippen LogP contribution in [0.25, 0.3) is 0 Å². The third kappa shape index (κ3) is 9.47. The molecule has 0 aromatic heterocycles. The molecule has 0 bridgehead atoms. The average molecular weight is 212 g/mol. The zero-order chi connectivity index (χ0) is 11.7. The fourth-order valence-electron chi connectivity index (χ4n) is 1.52. The highest BCUT2D eigenvalue weighted by Crippen LogP contribution is 2.08. The summed E-state index contributed by atoms with van der Waals surface area (Å²) in [6.45, 7) is 8.63. The van der Waals surface area contributed by atoms with Crippen molar-refractivity contribution in [3.63, 3.8) is 0 Å². The summed E-state index contributed by atoms with van der Waals surface area (Å²) >= 11 is 0. The van der Waals surface area contributed by atoms with Crippen molar-refractivity contribution in [2.24, 2.45) is 5.73 Å². The number of nitrogens with two attached hydrogens (primary N) is 1. The number of nitrogens with one attached hydrogen (secondary N) is 1. The lowest BCUT2D eigenvalue weighted by molar-refractivity contribution is -0.119. The van der Waals surface area contributed by atoms with Gasteiger partial charge in [0.1, 0.15) is 0 Å². The number of carbonyl (C=O) groups excluding carboxylic acids is 1. The molecule has 88 valence electrons. The van der Waals surface area contributed by atoms with E-state index in [1.807, 2.05) is 19.9 Å². The molecular weight excluding hydrogens is 188 g/mol. The summed E-state index contributed by atoms with van der Waals surface area (Å²) in [7, 11) is 0.